The molecule has 0 saturated heterocycles. The zero-order chi connectivity index (χ0) is 19.3. The minimum atomic E-state index is -0.227. The third-order valence-corrected chi connectivity index (χ3v) is 6.28. The first-order valence-electron chi connectivity index (χ1n) is 10.6. The van der Waals surface area contributed by atoms with Gasteiger partial charge in [-0.05, 0) is 47.6 Å². The summed E-state index contributed by atoms with van der Waals surface area (Å²) in [6.07, 6.45) is 8.20. The Kier molecular flexibility index (Phi) is 5.96. The summed E-state index contributed by atoms with van der Waals surface area (Å²) in [5.41, 5.74) is 3.41. The summed E-state index contributed by atoms with van der Waals surface area (Å²) >= 11 is 0. The van der Waals surface area contributed by atoms with Crippen molar-refractivity contribution < 1.29 is 9.90 Å². The predicted octanol–water partition coefficient (Wildman–Crippen LogP) is 4.23. The Hall–Kier alpha value is -2.33. The van der Waals surface area contributed by atoms with Crippen LogP contribution < -0.4 is 10.6 Å². The lowest BCUT2D eigenvalue weighted by Crippen LogP contribution is -2.48. The summed E-state index contributed by atoms with van der Waals surface area (Å²) in [6, 6.07) is 15.6. The van der Waals surface area contributed by atoms with Gasteiger partial charge in [0.1, 0.15) is 5.75 Å². The number of rotatable bonds is 5. The van der Waals surface area contributed by atoms with Gasteiger partial charge in [0.25, 0.3) is 0 Å². The number of fused-ring (bicyclic) bond motifs is 1. The second kappa shape index (κ2) is 8.78. The van der Waals surface area contributed by atoms with Gasteiger partial charge in [0.2, 0.25) is 5.91 Å². The van der Waals surface area contributed by atoms with Crippen molar-refractivity contribution in [3.05, 3.63) is 65.2 Å². The van der Waals surface area contributed by atoms with Crippen molar-refractivity contribution >= 4 is 5.91 Å². The highest BCUT2D eigenvalue weighted by atomic mass is 16.3. The van der Waals surface area contributed by atoms with Gasteiger partial charge in [-0.15, -0.1) is 0 Å². The van der Waals surface area contributed by atoms with Gasteiger partial charge >= 0.3 is 0 Å². The lowest BCUT2D eigenvalue weighted by molar-refractivity contribution is -0.124. The van der Waals surface area contributed by atoms with Gasteiger partial charge in [-0.3, -0.25) is 4.79 Å². The topological polar surface area (TPSA) is 61.4 Å². The zero-order valence-corrected chi connectivity index (χ0v) is 16.4. The largest absolute Gasteiger partial charge is 0.508 e. The Morgan fingerprint density at radius 1 is 1.07 bits per heavy atom. The molecular formula is C24H30N2O2. The molecule has 4 rings (SSSR count). The molecule has 1 amide bonds. The Morgan fingerprint density at radius 2 is 1.86 bits per heavy atom. The number of benzene rings is 2. The average molecular weight is 379 g/mol. The van der Waals surface area contributed by atoms with Crippen LogP contribution in [0.5, 0.6) is 5.75 Å². The minimum absolute atomic E-state index is 0.0693. The monoisotopic (exact) mass is 378 g/mol. The molecule has 2 atom stereocenters. The van der Waals surface area contributed by atoms with E-state index >= 15 is 0 Å². The molecule has 1 aliphatic carbocycles. The van der Waals surface area contributed by atoms with Crippen LogP contribution in [0.2, 0.25) is 0 Å². The van der Waals surface area contributed by atoms with E-state index in [9.17, 15) is 9.90 Å². The van der Waals surface area contributed by atoms with E-state index in [0.29, 0.717) is 18.9 Å². The maximum Gasteiger partial charge on any atom is 0.237 e. The van der Waals surface area contributed by atoms with E-state index in [4.69, 9.17) is 0 Å². The molecule has 0 radical (unpaired) electrons. The maximum atomic E-state index is 13.1. The van der Waals surface area contributed by atoms with Gasteiger partial charge in [0, 0.05) is 6.54 Å². The van der Waals surface area contributed by atoms with E-state index in [2.05, 4.69) is 34.9 Å². The molecular weight excluding hydrogens is 348 g/mol. The standard InChI is InChI=1S/C24H30N2O2/c27-21-12-11-19-15-23(25-16-20(19)14-21)24(28)26-22(18-9-5-2-6-10-18)13-17-7-3-1-4-8-17/h2,5-6,9-12,14,17,22-23,25,27H,1,3-4,7-8,13,15-16H2,(H,26,28)/t22-,23?/m1/s1. The van der Waals surface area contributed by atoms with Crippen LogP contribution in [0.1, 0.15) is 61.3 Å². The molecule has 1 heterocycles. The van der Waals surface area contributed by atoms with Crippen LogP contribution in [0.3, 0.4) is 0 Å². The van der Waals surface area contributed by atoms with Crippen LogP contribution in [0.4, 0.5) is 0 Å². The van der Waals surface area contributed by atoms with E-state index in [-0.39, 0.29) is 23.7 Å². The zero-order valence-electron chi connectivity index (χ0n) is 16.4. The molecule has 1 fully saturated rings. The number of amides is 1. The predicted molar refractivity (Wildman–Crippen MR) is 111 cm³/mol. The number of carbonyl (C=O) groups is 1. The Balaban J connectivity index is 1.45. The smallest absolute Gasteiger partial charge is 0.237 e. The molecule has 0 aromatic heterocycles. The molecule has 1 aliphatic heterocycles. The molecule has 28 heavy (non-hydrogen) atoms. The van der Waals surface area contributed by atoms with Gasteiger partial charge in [0.15, 0.2) is 0 Å². The van der Waals surface area contributed by atoms with Crippen molar-refractivity contribution in [3.63, 3.8) is 0 Å². The first-order chi connectivity index (χ1) is 13.7. The first-order valence-corrected chi connectivity index (χ1v) is 10.6. The SMILES string of the molecule is O=C(N[C@H](CC1CCCCC1)c1ccccc1)C1Cc2ccc(O)cc2CN1. The number of nitrogens with one attached hydrogen (secondary N) is 2. The molecule has 0 bridgehead atoms. The minimum Gasteiger partial charge on any atom is -0.508 e. The molecule has 2 aliphatic rings. The summed E-state index contributed by atoms with van der Waals surface area (Å²) < 4.78 is 0. The summed E-state index contributed by atoms with van der Waals surface area (Å²) in [6.45, 7) is 0.612. The van der Waals surface area contributed by atoms with E-state index in [0.717, 1.165) is 17.5 Å². The fraction of sp³-hybridized carbons (Fsp3) is 0.458. The number of hydrogen-bond donors (Lipinski definition) is 3. The number of phenols is 1. The molecule has 2 aromatic carbocycles. The normalized spacial score (nSPS) is 20.9. The van der Waals surface area contributed by atoms with Gasteiger partial charge in [-0.1, -0.05) is 68.5 Å². The van der Waals surface area contributed by atoms with Crippen LogP contribution in [0, 0.1) is 5.92 Å². The van der Waals surface area contributed by atoms with Gasteiger partial charge in [-0.2, -0.15) is 0 Å². The molecule has 2 aromatic rings. The molecule has 1 saturated carbocycles. The molecule has 0 spiro atoms. The highest BCUT2D eigenvalue weighted by molar-refractivity contribution is 5.83. The van der Waals surface area contributed by atoms with Crippen molar-refractivity contribution in [2.75, 3.05) is 0 Å². The second-order valence-corrected chi connectivity index (χ2v) is 8.30. The van der Waals surface area contributed by atoms with Crippen molar-refractivity contribution in [1.82, 2.24) is 10.6 Å². The number of phenolic OH excluding ortho intramolecular Hbond substituents is 1. The van der Waals surface area contributed by atoms with Crippen LogP contribution in [0.25, 0.3) is 0 Å². The summed E-state index contributed by atoms with van der Waals surface area (Å²) in [5.74, 6) is 1.05. The maximum absolute atomic E-state index is 13.1. The molecule has 4 heteroatoms. The summed E-state index contributed by atoms with van der Waals surface area (Å²) in [4.78, 5) is 13.1. The van der Waals surface area contributed by atoms with E-state index in [1.807, 2.05) is 12.1 Å². The second-order valence-electron chi connectivity index (χ2n) is 8.30. The molecule has 3 N–H and O–H groups in total. The lowest BCUT2D eigenvalue weighted by atomic mass is 9.83. The highest BCUT2D eigenvalue weighted by Crippen LogP contribution is 2.32. The van der Waals surface area contributed by atoms with Gasteiger partial charge < -0.3 is 15.7 Å². The quantitative estimate of drug-likeness (QED) is 0.729. The van der Waals surface area contributed by atoms with Gasteiger partial charge in [0.05, 0.1) is 12.1 Å². The van der Waals surface area contributed by atoms with Crippen molar-refractivity contribution in [2.24, 2.45) is 5.92 Å². The number of aromatic hydroxyl groups is 1. The fourth-order valence-corrected chi connectivity index (χ4v) is 4.68. The van der Waals surface area contributed by atoms with Crippen molar-refractivity contribution in [3.8, 4) is 5.75 Å². The van der Waals surface area contributed by atoms with E-state index in [1.54, 1.807) is 12.1 Å². The fourth-order valence-electron chi connectivity index (χ4n) is 4.68. The Labute approximate surface area is 167 Å². The third kappa shape index (κ3) is 4.56. The summed E-state index contributed by atoms with van der Waals surface area (Å²) in [7, 11) is 0. The van der Waals surface area contributed by atoms with Crippen molar-refractivity contribution in [2.45, 2.75) is 63.6 Å². The summed E-state index contributed by atoms with van der Waals surface area (Å²) in [5, 5.41) is 16.3. The van der Waals surface area contributed by atoms with Gasteiger partial charge in [-0.25, -0.2) is 0 Å². The van der Waals surface area contributed by atoms with E-state index in [1.165, 1.54) is 37.7 Å². The van der Waals surface area contributed by atoms with Crippen LogP contribution in [-0.2, 0) is 17.8 Å². The third-order valence-electron chi connectivity index (χ3n) is 6.28. The number of hydrogen-bond acceptors (Lipinski definition) is 3. The molecule has 1 unspecified atom stereocenters. The van der Waals surface area contributed by atoms with Crippen LogP contribution >= 0.6 is 0 Å². The Bertz CT molecular complexity index is 800. The lowest BCUT2D eigenvalue weighted by Gasteiger charge is -2.30. The van der Waals surface area contributed by atoms with Crippen LogP contribution in [-0.4, -0.2) is 17.1 Å². The highest BCUT2D eigenvalue weighted by Gasteiger charge is 2.28. The molecule has 4 nitrogen and oxygen atoms in total. The Morgan fingerprint density at radius 3 is 2.64 bits per heavy atom. The molecule has 148 valence electrons. The number of carbonyl (C=O) groups excluding carboxylic acids is 1. The average Bonchev–Trinajstić information content (AvgIpc) is 2.74. The van der Waals surface area contributed by atoms with Crippen molar-refractivity contribution in [1.29, 1.82) is 0 Å². The van der Waals surface area contributed by atoms with Crippen LogP contribution in [0.15, 0.2) is 48.5 Å². The first kappa shape index (κ1) is 19.0. The van der Waals surface area contributed by atoms with E-state index < -0.39 is 0 Å².